The van der Waals surface area contributed by atoms with Gasteiger partial charge >= 0.3 is 0 Å². The van der Waals surface area contributed by atoms with Crippen molar-refractivity contribution in [3.8, 4) is 11.5 Å². The van der Waals surface area contributed by atoms with Crippen LogP contribution in [0, 0.1) is 0 Å². The lowest BCUT2D eigenvalue weighted by molar-refractivity contribution is 0.394. The lowest BCUT2D eigenvalue weighted by atomic mass is 10.0. The highest BCUT2D eigenvalue weighted by Crippen LogP contribution is 2.31. The number of benzene rings is 2. The minimum absolute atomic E-state index is 0.442. The molecule has 2 heterocycles. The maximum Gasteiger partial charge on any atom is 0.186 e. The highest BCUT2D eigenvalue weighted by Gasteiger charge is 2.21. The molecule has 1 fully saturated rings. The quantitative estimate of drug-likeness (QED) is 0.722. The van der Waals surface area contributed by atoms with Crippen LogP contribution >= 0.6 is 11.3 Å². The Labute approximate surface area is 157 Å². The third kappa shape index (κ3) is 3.55. The zero-order valence-electron chi connectivity index (χ0n) is 15.1. The Balaban J connectivity index is 1.40. The average molecular weight is 369 g/mol. The normalized spacial score (nSPS) is 15.2. The van der Waals surface area contributed by atoms with E-state index in [0.717, 1.165) is 53.8 Å². The third-order valence-electron chi connectivity index (χ3n) is 4.77. The number of piperidine rings is 1. The molecule has 0 spiro atoms. The monoisotopic (exact) mass is 369 g/mol. The summed E-state index contributed by atoms with van der Waals surface area (Å²) in [4.78, 5) is 7.18. The number of ether oxygens (including phenoxy) is 2. The van der Waals surface area contributed by atoms with Crippen molar-refractivity contribution in [1.29, 1.82) is 0 Å². The van der Waals surface area contributed by atoms with E-state index in [1.807, 2.05) is 24.3 Å². The van der Waals surface area contributed by atoms with Crippen LogP contribution in [0.15, 0.2) is 42.5 Å². The molecule has 1 aromatic heterocycles. The van der Waals surface area contributed by atoms with Crippen molar-refractivity contribution >= 4 is 32.4 Å². The Hall–Kier alpha value is -2.47. The summed E-state index contributed by atoms with van der Waals surface area (Å²) in [5.41, 5.74) is 2.14. The van der Waals surface area contributed by atoms with Crippen LogP contribution in [0.25, 0.3) is 10.2 Å². The van der Waals surface area contributed by atoms with Crippen LogP contribution < -0.4 is 19.7 Å². The number of rotatable bonds is 5. The van der Waals surface area contributed by atoms with Crippen molar-refractivity contribution in [3.05, 3.63) is 42.5 Å². The number of anilines is 2. The van der Waals surface area contributed by atoms with Crippen LogP contribution in [0.1, 0.15) is 12.8 Å². The van der Waals surface area contributed by atoms with E-state index in [1.54, 1.807) is 25.6 Å². The number of thiazole rings is 1. The summed E-state index contributed by atoms with van der Waals surface area (Å²) in [6, 6.07) is 14.7. The molecule has 6 heteroatoms. The van der Waals surface area contributed by atoms with Gasteiger partial charge in [-0.1, -0.05) is 23.5 Å². The van der Waals surface area contributed by atoms with Gasteiger partial charge in [-0.05, 0) is 25.0 Å². The number of para-hydroxylation sites is 1. The predicted molar refractivity (Wildman–Crippen MR) is 108 cm³/mol. The Morgan fingerprint density at radius 3 is 2.38 bits per heavy atom. The molecule has 1 N–H and O–H groups in total. The van der Waals surface area contributed by atoms with Crippen LogP contribution in [0.3, 0.4) is 0 Å². The van der Waals surface area contributed by atoms with Crippen molar-refractivity contribution in [2.45, 2.75) is 18.9 Å². The number of fused-ring (bicyclic) bond motifs is 1. The SMILES string of the molecule is COc1cc(NC2CCN(c3nc4ccccc4s3)CC2)cc(OC)c1. The predicted octanol–water partition coefficient (Wildman–Crippen LogP) is 4.39. The van der Waals surface area contributed by atoms with Crippen molar-refractivity contribution in [3.63, 3.8) is 0 Å². The smallest absolute Gasteiger partial charge is 0.186 e. The van der Waals surface area contributed by atoms with Gasteiger partial charge in [-0.3, -0.25) is 0 Å². The van der Waals surface area contributed by atoms with Gasteiger partial charge in [0.25, 0.3) is 0 Å². The fourth-order valence-electron chi connectivity index (χ4n) is 3.34. The van der Waals surface area contributed by atoms with Gasteiger partial charge in [0.05, 0.1) is 24.4 Å². The Bertz CT molecular complexity index is 832. The van der Waals surface area contributed by atoms with Crippen molar-refractivity contribution in [1.82, 2.24) is 4.98 Å². The first-order valence-electron chi connectivity index (χ1n) is 8.85. The lowest BCUT2D eigenvalue weighted by Gasteiger charge is -2.32. The fraction of sp³-hybridized carbons (Fsp3) is 0.350. The summed E-state index contributed by atoms with van der Waals surface area (Å²) in [6.45, 7) is 2.02. The molecule has 26 heavy (non-hydrogen) atoms. The lowest BCUT2D eigenvalue weighted by Crippen LogP contribution is -2.39. The molecule has 136 valence electrons. The van der Waals surface area contributed by atoms with E-state index in [4.69, 9.17) is 14.5 Å². The molecule has 0 saturated carbocycles. The van der Waals surface area contributed by atoms with Gasteiger partial charge in [-0.25, -0.2) is 4.98 Å². The van der Waals surface area contributed by atoms with Gasteiger partial charge in [-0.15, -0.1) is 0 Å². The molecule has 0 radical (unpaired) electrons. The second-order valence-corrected chi connectivity index (χ2v) is 7.48. The number of aromatic nitrogens is 1. The molecule has 0 atom stereocenters. The van der Waals surface area contributed by atoms with Crippen LogP contribution in [-0.2, 0) is 0 Å². The van der Waals surface area contributed by atoms with E-state index in [0.29, 0.717) is 6.04 Å². The highest BCUT2D eigenvalue weighted by atomic mass is 32.1. The zero-order chi connectivity index (χ0) is 17.9. The summed E-state index contributed by atoms with van der Waals surface area (Å²) >= 11 is 1.78. The molecular formula is C20H23N3O2S. The molecule has 5 nitrogen and oxygen atoms in total. The average Bonchev–Trinajstić information content (AvgIpc) is 3.12. The molecule has 0 aliphatic carbocycles. The fourth-order valence-corrected chi connectivity index (χ4v) is 4.35. The van der Waals surface area contributed by atoms with E-state index in [9.17, 15) is 0 Å². The number of nitrogens with zero attached hydrogens (tertiary/aromatic N) is 2. The highest BCUT2D eigenvalue weighted by molar-refractivity contribution is 7.22. The van der Waals surface area contributed by atoms with Crippen LogP contribution in [0.5, 0.6) is 11.5 Å². The van der Waals surface area contributed by atoms with Crippen LogP contribution in [0.2, 0.25) is 0 Å². The number of methoxy groups -OCH3 is 2. The standard InChI is InChI=1S/C20H23N3O2S/c1-24-16-11-15(12-17(13-16)25-2)21-14-7-9-23(10-8-14)20-22-18-5-3-4-6-19(18)26-20/h3-6,11-14,21H,7-10H2,1-2H3. The summed E-state index contributed by atoms with van der Waals surface area (Å²) in [7, 11) is 3.35. The molecule has 0 bridgehead atoms. The molecule has 1 aliphatic rings. The van der Waals surface area contributed by atoms with Crippen molar-refractivity contribution in [2.24, 2.45) is 0 Å². The first kappa shape index (κ1) is 17.0. The summed E-state index contributed by atoms with van der Waals surface area (Å²) in [6.07, 6.45) is 2.16. The number of hydrogen-bond acceptors (Lipinski definition) is 6. The molecule has 1 saturated heterocycles. The second kappa shape index (κ2) is 7.41. The van der Waals surface area contributed by atoms with Crippen molar-refractivity contribution < 1.29 is 9.47 Å². The Morgan fingerprint density at radius 2 is 1.73 bits per heavy atom. The third-order valence-corrected chi connectivity index (χ3v) is 5.87. The first-order valence-corrected chi connectivity index (χ1v) is 9.67. The van der Waals surface area contributed by atoms with Gasteiger partial charge in [0.2, 0.25) is 0 Å². The van der Waals surface area contributed by atoms with Gasteiger partial charge in [-0.2, -0.15) is 0 Å². The maximum atomic E-state index is 5.36. The molecular weight excluding hydrogens is 346 g/mol. The number of hydrogen-bond donors (Lipinski definition) is 1. The van der Waals surface area contributed by atoms with E-state index < -0.39 is 0 Å². The minimum atomic E-state index is 0.442. The maximum absolute atomic E-state index is 5.36. The van der Waals surface area contributed by atoms with Gasteiger partial charge in [0, 0.05) is 43.0 Å². The topological polar surface area (TPSA) is 46.6 Å². The summed E-state index contributed by atoms with van der Waals surface area (Å²) in [5, 5.41) is 4.76. The molecule has 4 rings (SSSR count). The first-order chi connectivity index (χ1) is 12.7. The van der Waals surface area contributed by atoms with Crippen LogP contribution in [0.4, 0.5) is 10.8 Å². The van der Waals surface area contributed by atoms with Crippen molar-refractivity contribution in [2.75, 3.05) is 37.5 Å². The molecule has 0 unspecified atom stereocenters. The van der Waals surface area contributed by atoms with Gasteiger partial charge in [0.1, 0.15) is 11.5 Å². The Kier molecular flexibility index (Phi) is 4.84. The largest absolute Gasteiger partial charge is 0.497 e. The minimum Gasteiger partial charge on any atom is -0.497 e. The van der Waals surface area contributed by atoms with E-state index in [1.165, 1.54) is 4.70 Å². The van der Waals surface area contributed by atoms with E-state index in [2.05, 4.69) is 28.4 Å². The Morgan fingerprint density at radius 1 is 1.04 bits per heavy atom. The summed E-state index contributed by atoms with van der Waals surface area (Å²) in [5.74, 6) is 1.61. The van der Waals surface area contributed by atoms with E-state index >= 15 is 0 Å². The van der Waals surface area contributed by atoms with Crippen LogP contribution in [-0.4, -0.2) is 38.3 Å². The van der Waals surface area contributed by atoms with E-state index in [-0.39, 0.29) is 0 Å². The molecule has 0 amide bonds. The zero-order valence-corrected chi connectivity index (χ0v) is 15.9. The molecule has 1 aliphatic heterocycles. The molecule has 3 aromatic rings. The number of nitrogens with one attached hydrogen (secondary N) is 1. The molecule has 2 aromatic carbocycles. The van der Waals surface area contributed by atoms with Gasteiger partial charge in [0.15, 0.2) is 5.13 Å². The summed E-state index contributed by atoms with van der Waals surface area (Å²) < 4.78 is 12.0. The van der Waals surface area contributed by atoms with Gasteiger partial charge < -0.3 is 19.7 Å². The second-order valence-electron chi connectivity index (χ2n) is 6.47.